The predicted molar refractivity (Wildman–Crippen MR) is 61.9 cm³/mol. The zero-order valence-corrected chi connectivity index (χ0v) is 9.82. The minimum absolute atomic E-state index is 0.0920. The van der Waals surface area contributed by atoms with Crippen molar-refractivity contribution < 1.29 is 14.3 Å². The molecule has 0 aliphatic heterocycles. The van der Waals surface area contributed by atoms with Crippen LogP contribution in [0.1, 0.15) is 12.5 Å². The summed E-state index contributed by atoms with van der Waals surface area (Å²) in [7, 11) is 3.23. The summed E-state index contributed by atoms with van der Waals surface area (Å²) in [4.78, 5) is 10.3. The molecule has 1 aromatic rings. The molecule has 0 aliphatic rings. The first-order chi connectivity index (χ1) is 7.69. The van der Waals surface area contributed by atoms with Crippen molar-refractivity contribution in [2.24, 2.45) is 0 Å². The van der Waals surface area contributed by atoms with Crippen LogP contribution in [0.2, 0.25) is 0 Å². The molecular formula is C12H17NO3. The van der Waals surface area contributed by atoms with Gasteiger partial charge in [-0.3, -0.25) is 4.79 Å². The summed E-state index contributed by atoms with van der Waals surface area (Å²) in [6.07, 6.45) is 1.45. The predicted octanol–water partition coefficient (Wildman–Crippen LogP) is 1.38. The average molecular weight is 223 g/mol. The molecule has 0 saturated carbocycles. The Morgan fingerprint density at radius 1 is 1.25 bits per heavy atom. The molecule has 0 spiro atoms. The smallest absolute Gasteiger partial charge is 0.207 e. The van der Waals surface area contributed by atoms with E-state index in [1.165, 1.54) is 0 Å². The third-order valence-corrected chi connectivity index (χ3v) is 2.31. The van der Waals surface area contributed by atoms with Crippen molar-refractivity contribution in [3.05, 3.63) is 23.8 Å². The van der Waals surface area contributed by atoms with Gasteiger partial charge in [0, 0.05) is 12.1 Å². The van der Waals surface area contributed by atoms with E-state index in [2.05, 4.69) is 5.32 Å². The van der Waals surface area contributed by atoms with Crippen LogP contribution in [0, 0.1) is 0 Å². The number of carbonyl (C=O) groups excluding carboxylic acids is 1. The fourth-order valence-corrected chi connectivity index (χ4v) is 1.51. The van der Waals surface area contributed by atoms with Crippen LogP contribution in [0.3, 0.4) is 0 Å². The number of carbonyl (C=O) groups is 1. The molecule has 0 unspecified atom stereocenters. The highest BCUT2D eigenvalue weighted by Crippen LogP contribution is 2.23. The lowest BCUT2D eigenvalue weighted by atomic mass is 10.1. The van der Waals surface area contributed by atoms with E-state index in [0.717, 1.165) is 23.5 Å². The average Bonchev–Trinajstić information content (AvgIpc) is 2.28. The van der Waals surface area contributed by atoms with Crippen LogP contribution in [0.4, 0.5) is 0 Å². The number of hydrogen-bond donors (Lipinski definition) is 1. The van der Waals surface area contributed by atoms with Crippen molar-refractivity contribution in [1.82, 2.24) is 5.32 Å². The first kappa shape index (κ1) is 12.4. The van der Waals surface area contributed by atoms with Crippen molar-refractivity contribution in [3.63, 3.8) is 0 Å². The van der Waals surface area contributed by atoms with Crippen LogP contribution in [0.15, 0.2) is 18.2 Å². The molecule has 0 aromatic heterocycles. The van der Waals surface area contributed by atoms with Gasteiger partial charge in [0.25, 0.3) is 0 Å². The highest BCUT2D eigenvalue weighted by atomic mass is 16.5. The molecule has 0 radical (unpaired) electrons. The second kappa shape index (κ2) is 6.00. The largest absolute Gasteiger partial charge is 0.497 e. The van der Waals surface area contributed by atoms with E-state index < -0.39 is 0 Å². The molecule has 1 rings (SSSR count). The normalized spacial score (nSPS) is 11.7. The van der Waals surface area contributed by atoms with E-state index in [4.69, 9.17) is 9.47 Å². The Bertz CT molecular complexity index is 330. The Labute approximate surface area is 95.6 Å². The molecule has 1 N–H and O–H groups in total. The summed E-state index contributed by atoms with van der Waals surface area (Å²) in [5.74, 6) is 1.51. The Balaban J connectivity index is 2.81. The molecule has 0 aliphatic carbocycles. The van der Waals surface area contributed by atoms with Gasteiger partial charge in [0.15, 0.2) is 0 Å². The first-order valence-corrected chi connectivity index (χ1v) is 5.11. The van der Waals surface area contributed by atoms with Crippen molar-refractivity contribution in [3.8, 4) is 11.5 Å². The molecule has 1 aromatic carbocycles. The van der Waals surface area contributed by atoms with E-state index in [9.17, 15) is 4.79 Å². The molecule has 0 saturated heterocycles. The van der Waals surface area contributed by atoms with E-state index in [0.29, 0.717) is 6.41 Å². The van der Waals surface area contributed by atoms with Crippen LogP contribution >= 0.6 is 0 Å². The van der Waals surface area contributed by atoms with E-state index >= 15 is 0 Å². The van der Waals surface area contributed by atoms with E-state index in [1.54, 1.807) is 14.2 Å². The van der Waals surface area contributed by atoms with Gasteiger partial charge in [-0.25, -0.2) is 0 Å². The SMILES string of the molecule is COc1cc(C[C@H](C)NC=O)cc(OC)c1. The van der Waals surface area contributed by atoms with Gasteiger partial charge in [0.2, 0.25) is 6.41 Å². The van der Waals surface area contributed by atoms with Crippen molar-refractivity contribution in [2.45, 2.75) is 19.4 Å². The van der Waals surface area contributed by atoms with Gasteiger partial charge in [-0.1, -0.05) is 0 Å². The van der Waals surface area contributed by atoms with Crippen molar-refractivity contribution in [1.29, 1.82) is 0 Å². The van der Waals surface area contributed by atoms with Gasteiger partial charge < -0.3 is 14.8 Å². The number of nitrogens with one attached hydrogen (secondary N) is 1. The van der Waals surface area contributed by atoms with Gasteiger partial charge in [-0.05, 0) is 31.0 Å². The molecule has 1 atom stereocenters. The number of amides is 1. The molecule has 4 nitrogen and oxygen atoms in total. The Morgan fingerprint density at radius 2 is 1.81 bits per heavy atom. The number of ether oxygens (including phenoxy) is 2. The third kappa shape index (κ3) is 3.46. The lowest BCUT2D eigenvalue weighted by molar-refractivity contribution is -0.110. The van der Waals surface area contributed by atoms with Crippen LogP contribution in [-0.4, -0.2) is 26.7 Å². The van der Waals surface area contributed by atoms with E-state index in [-0.39, 0.29) is 6.04 Å². The van der Waals surface area contributed by atoms with Crippen molar-refractivity contribution >= 4 is 6.41 Å². The Kier molecular flexibility index (Phi) is 4.64. The van der Waals surface area contributed by atoms with Gasteiger partial charge in [0.05, 0.1) is 14.2 Å². The third-order valence-electron chi connectivity index (χ3n) is 2.31. The van der Waals surface area contributed by atoms with Crippen LogP contribution in [-0.2, 0) is 11.2 Å². The molecular weight excluding hydrogens is 206 g/mol. The minimum atomic E-state index is 0.0920. The number of methoxy groups -OCH3 is 2. The zero-order chi connectivity index (χ0) is 12.0. The van der Waals surface area contributed by atoms with E-state index in [1.807, 2.05) is 25.1 Å². The first-order valence-electron chi connectivity index (χ1n) is 5.11. The number of rotatable bonds is 6. The molecule has 4 heteroatoms. The summed E-state index contributed by atoms with van der Waals surface area (Å²) in [6.45, 7) is 1.94. The lowest BCUT2D eigenvalue weighted by Crippen LogP contribution is -2.26. The summed E-state index contributed by atoms with van der Waals surface area (Å²) >= 11 is 0. The number of hydrogen-bond acceptors (Lipinski definition) is 3. The fraction of sp³-hybridized carbons (Fsp3) is 0.417. The maximum atomic E-state index is 10.3. The maximum absolute atomic E-state index is 10.3. The second-order valence-corrected chi connectivity index (χ2v) is 3.61. The molecule has 1 amide bonds. The van der Waals surface area contributed by atoms with Gasteiger partial charge in [-0.15, -0.1) is 0 Å². The van der Waals surface area contributed by atoms with Crippen LogP contribution < -0.4 is 14.8 Å². The summed E-state index contributed by atoms with van der Waals surface area (Å²) in [5.41, 5.74) is 1.07. The summed E-state index contributed by atoms with van der Waals surface area (Å²) in [6, 6.07) is 5.78. The zero-order valence-electron chi connectivity index (χ0n) is 9.82. The highest BCUT2D eigenvalue weighted by Gasteiger charge is 2.05. The Morgan fingerprint density at radius 3 is 2.25 bits per heavy atom. The topological polar surface area (TPSA) is 47.6 Å². The molecule has 0 fully saturated rings. The second-order valence-electron chi connectivity index (χ2n) is 3.61. The minimum Gasteiger partial charge on any atom is -0.497 e. The van der Waals surface area contributed by atoms with Gasteiger partial charge in [0.1, 0.15) is 11.5 Å². The lowest BCUT2D eigenvalue weighted by Gasteiger charge is -2.12. The van der Waals surface area contributed by atoms with Gasteiger partial charge in [-0.2, -0.15) is 0 Å². The Hall–Kier alpha value is -1.71. The molecule has 16 heavy (non-hydrogen) atoms. The summed E-state index contributed by atoms with van der Waals surface area (Å²) < 4.78 is 10.3. The van der Waals surface area contributed by atoms with Crippen LogP contribution in [0.25, 0.3) is 0 Å². The maximum Gasteiger partial charge on any atom is 0.207 e. The van der Waals surface area contributed by atoms with Crippen molar-refractivity contribution in [2.75, 3.05) is 14.2 Å². The molecule has 0 heterocycles. The molecule has 88 valence electrons. The monoisotopic (exact) mass is 223 g/mol. The fourth-order valence-electron chi connectivity index (χ4n) is 1.51. The quantitative estimate of drug-likeness (QED) is 0.741. The van der Waals surface area contributed by atoms with Crippen LogP contribution in [0.5, 0.6) is 11.5 Å². The standard InChI is InChI=1S/C12H17NO3/c1-9(13-8-14)4-10-5-11(15-2)7-12(6-10)16-3/h5-9H,4H2,1-3H3,(H,13,14)/t9-/m0/s1. The summed E-state index contributed by atoms with van der Waals surface area (Å²) in [5, 5.41) is 2.71. The molecule has 0 bridgehead atoms. The number of benzene rings is 1. The highest BCUT2D eigenvalue weighted by molar-refractivity contribution is 5.47. The van der Waals surface area contributed by atoms with Gasteiger partial charge >= 0.3 is 0 Å².